The summed E-state index contributed by atoms with van der Waals surface area (Å²) in [6, 6.07) is 0. The van der Waals surface area contributed by atoms with E-state index < -0.39 is 11.9 Å². The van der Waals surface area contributed by atoms with E-state index in [0.29, 0.717) is 13.0 Å². The average molecular weight is 277 g/mol. The Morgan fingerprint density at radius 3 is 2.37 bits per heavy atom. The Morgan fingerprint density at radius 1 is 1.16 bits per heavy atom. The minimum absolute atomic E-state index is 0.144. The monoisotopic (exact) mass is 277 g/mol. The molecule has 110 valence electrons. The molecule has 0 aromatic rings. The third-order valence-corrected chi connectivity index (χ3v) is 3.45. The number of aliphatic carboxylic acids is 1. The summed E-state index contributed by atoms with van der Waals surface area (Å²) in [5, 5.41) is 11.2. The quantitative estimate of drug-likeness (QED) is 0.703. The van der Waals surface area contributed by atoms with E-state index in [1.165, 1.54) is 0 Å². The van der Waals surface area contributed by atoms with Gasteiger partial charge in [-0.15, -0.1) is 0 Å². The molecule has 0 heterocycles. The van der Waals surface area contributed by atoms with Crippen molar-refractivity contribution in [2.75, 3.05) is 6.54 Å². The zero-order chi connectivity index (χ0) is 14.3. The lowest BCUT2D eigenvalue weighted by molar-refractivity contribution is -0.137. The van der Waals surface area contributed by atoms with Gasteiger partial charge in [0, 0.05) is 31.7 Å². The second-order valence-electron chi connectivity index (χ2n) is 5.13. The SMILES string of the molecule is O=C(O)CCCCCNC(=O)C1CCC(F)(F)CC1. The highest BCUT2D eigenvalue weighted by molar-refractivity contribution is 5.78. The van der Waals surface area contributed by atoms with Crippen LogP contribution in [0.15, 0.2) is 0 Å². The predicted molar refractivity (Wildman–Crippen MR) is 66.0 cm³/mol. The molecular weight excluding hydrogens is 256 g/mol. The lowest BCUT2D eigenvalue weighted by Gasteiger charge is -2.27. The lowest BCUT2D eigenvalue weighted by atomic mass is 9.86. The van der Waals surface area contributed by atoms with Crippen molar-refractivity contribution in [3.05, 3.63) is 0 Å². The van der Waals surface area contributed by atoms with Gasteiger partial charge in [-0.2, -0.15) is 0 Å². The molecule has 0 spiro atoms. The summed E-state index contributed by atoms with van der Waals surface area (Å²) in [4.78, 5) is 22.0. The first-order valence-corrected chi connectivity index (χ1v) is 6.78. The predicted octanol–water partition coefficient (Wildman–Crippen LogP) is 2.57. The first-order chi connectivity index (χ1) is 8.91. The molecule has 1 aliphatic rings. The van der Waals surface area contributed by atoms with Gasteiger partial charge < -0.3 is 10.4 Å². The van der Waals surface area contributed by atoms with Crippen LogP contribution < -0.4 is 5.32 Å². The number of alkyl halides is 2. The molecule has 1 amide bonds. The Labute approximate surface area is 111 Å². The van der Waals surface area contributed by atoms with E-state index in [9.17, 15) is 18.4 Å². The van der Waals surface area contributed by atoms with E-state index in [1.54, 1.807) is 0 Å². The van der Waals surface area contributed by atoms with E-state index in [0.717, 1.165) is 12.8 Å². The van der Waals surface area contributed by atoms with Crippen LogP contribution in [-0.2, 0) is 9.59 Å². The van der Waals surface area contributed by atoms with Crippen LogP contribution in [0.25, 0.3) is 0 Å². The zero-order valence-corrected chi connectivity index (χ0v) is 11.0. The van der Waals surface area contributed by atoms with Crippen LogP contribution >= 0.6 is 0 Å². The second kappa shape index (κ2) is 7.40. The van der Waals surface area contributed by atoms with Crippen molar-refractivity contribution < 1.29 is 23.5 Å². The van der Waals surface area contributed by atoms with Gasteiger partial charge in [-0.05, 0) is 25.7 Å². The molecule has 0 bridgehead atoms. The fourth-order valence-electron chi connectivity index (χ4n) is 2.24. The summed E-state index contributed by atoms with van der Waals surface area (Å²) < 4.78 is 25.8. The van der Waals surface area contributed by atoms with Crippen LogP contribution in [0.4, 0.5) is 8.78 Å². The van der Waals surface area contributed by atoms with Crippen LogP contribution in [0.1, 0.15) is 51.4 Å². The van der Waals surface area contributed by atoms with E-state index in [-0.39, 0.29) is 43.9 Å². The Bertz CT molecular complexity index is 311. The Morgan fingerprint density at radius 2 is 1.79 bits per heavy atom. The van der Waals surface area contributed by atoms with Crippen LogP contribution in [0, 0.1) is 5.92 Å². The molecule has 6 heteroatoms. The molecule has 1 aliphatic carbocycles. The molecule has 0 radical (unpaired) electrons. The number of amides is 1. The number of rotatable bonds is 7. The molecule has 0 aliphatic heterocycles. The first-order valence-electron chi connectivity index (χ1n) is 6.78. The normalized spacial score (nSPS) is 19.1. The summed E-state index contributed by atoms with van der Waals surface area (Å²) in [6.07, 6.45) is 2.30. The molecule has 1 fully saturated rings. The van der Waals surface area contributed by atoms with Crippen molar-refractivity contribution in [2.24, 2.45) is 5.92 Å². The maximum atomic E-state index is 12.9. The summed E-state index contributed by atoms with van der Waals surface area (Å²) in [6.45, 7) is 0.491. The minimum atomic E-state index is -2.60. The van der Waals surface area contributed by atoms with Gasteiger partial charge in [-0.25, -0.2) is 8.78 Å². The molecule has 1 saturated carbocycles. The molecule has 2 N–H and O–H groups in total. The van der Waals surface area contributed by atoms with Crippen LogP contribution in [0.5, 0.6) is 0 Å². The third-order valence-electron chi connectivity index (χ3n) is 3.45. The smallest absolute Gasteiger partial charge is 0.303 e. The van der Waals surface area contributed by atoms with Crippen molar-refractivity contribution in [3.63, 3.8) is 0 Å². The van der Waals surface area contributed by atoms with Crippen molar-refractivity contribution in [2.45, 2.75) is 57.3 Å². The van der Waals surface area contributed by atoms with Crippen LogP contribution in [0.2, 0.25) is 0 Å². The highest BCUT2D eigenvalue weighted by atomic mass is 19.3. The number of carboxylic acids is 1. The van der Waals surface area contributed by atoms with Gasteiger partial charge >= 0.3 is 5.97 Å². The van der Waals surface area contributed by atoms with E-state index >= 15 is 0 Å². The number of carbonyl (C=O) groups is 2. The molecule has 4 nitrogen and oxygen atoms in total. The molecule has 0 unspecified atom stereocenters. The number of halogens is 2. The first kappa shape index (κ1) is 15.9. The van der Waals surface area contributed by atoms with Crippen molar-refractivity contribution in [1.29, 1.82) is 0 Å². The molecule has 0 atom stereocenters. The van der Waals surface area contributed by atoms with E-state index in [1.807, 2.05) is 0 Å². The topological polar surface area (TPSA) is 66.4 Å². The summed E-state index contributed by atoms with van der Waals surface area (Å²) in [5.74, 6) is -3.85. The Kier molecular flexibility index (Phi) is 6.18. The molecule has 0 saturated heterocycles. The highest BCUT2D eigenvalue weighted by Gasteiger charge is 2.37. The van der Waals surface area contributed by atoms with Gasteiger partial charge in [0.05, 0.1) is 0 Å². The molecule has 0 aromatic carbocycles. The summed E-state index contributed by atoms with van der Waals surface area (Å²) >= 11 is 0. The fourth-order valence-corrected chi connectivity index (χ4v) is 2.24. The zero-order valence-electron chi connectivity index (χ0n) is 11.0. The number of unbranched alkanes of at least 4 members (excludes halogenated alkanes) is 2. The van der Waals surface area contributed by atoms with Gasteiger partial charge in [-0.3, -0.25) is 9.59 Å². The van der Waals surface area contributed by atoms with Gasteiger partial charge in [-0.1, -0.05) is 6.42 Å². The Balaban J connectivity index is 2.07. The number of nitrogens with one attached hydrogen (secondary N) is 1. The molecular formula is C13H21F2NO3. The second-order valence-corrected chi connectivity index (χ2v) is 5.13. The molecule has 1 rings (SSSR count). The van der Waals surface area contributed by atoms with Crippen molar-refractivity contribution in [3.8, 4) is 0 Å². The van der Waals surface area contributed by atoms with Gasteiger partial charge in [0.1, 0.15) is 0 Å². The maximum absolute atomic E-state index is 12.9. The number of hydrogen-bond acceptors (Lipinski definition) is 2. The van der Waals surface area contributed by atoms with Gasteiger partial charge in [0.25, 0.3) is 0 Å². The van der Waals surface area contributed by atoms with E-state index in [2.05, 4.69) is 5.32 Å². The van der Waals surface area contributed by atoms with Crippen molar-refractivity contribution in [1.82, 2.24) is 5.32 Å². The Hall–Kier alpha value is -1.20. The standard InChI is InChI=1S/C13H21F2NO3/c14-13(15)7-5-10(6-8-13)12(19)16-9-3-1-2-4-11(17)18/h10H,1-9H2,(H,16,19)(H,17,18). The maximum Gasteiger partial charge on any atom is 0.303 e. The van der Waals surface area contributed by atoms with Crippen molar-refractivity contribution >= 4 is 11.9 Å². The average Bonchev–Trinajstić information content (AvgIpc) is 2.32. The van der Waals surface area contributed by atoms with Gasteiger partial charge in [0.15, 0.2) is 0 Å². The minimum Gasteiger partial charge on any atom is -0.481 e. The highest BCUT2D eigenvalue weighted by Crippen LogP contribution is 2.36. The summed E-state index contributed by atoms with van der Waals surface area (Å²) in [5.41, 5.74) is 0. The number of carboxylic acid groups (broad SMARTS) is 1. The molecule has 0 aromatic heterocycles. The van der Waals surface area contributed by atoms with Crippen LogP contribution in [-0.4, -0.2) is 29.5 Å². The largest absolute Gasteiger partial charge is 0.481 e. The van der Waals surface area contributed by atoms with E-state index in [4.69, 9.17) is 5.11 Å². The number of hydrogen-bond donors (Lipinski definition) is 2. The third kappa shape index (κ3) is 6.50. The number of carbonyl (C=O) groups excluding carboxylic acids is 1. The van der Waals surface area contributed by atoms with Gasteiger partial charge in [0.2, 0.25) is 11.8 Å². The molecule has 19 heavy (non-hydrogen) atoms. The summed E-state index contributed by atoms with van der Waals surface area (Å²) in [7, 11) is 0. The lowest BCUT2D eigenvalue weighted by Crippen LogP contribution is -2.36. The fraction of sp³-hybridized carbons (Fsp3) is 0.846. The van der Waals surface area contributed by atoms with Crippen LogP contribution in [0.3, 0.4) is 0 Å².